The van der Waals surface area contributed by atoms with Crippen LogP contribution in [-0.4, -0.2) is 30.5 Å². The summed E-state index contributed by atoms with van der Waals surface area (Å²) in [6, 6.07) is 2.52. The van der Waals surface area contributed by atoms with Crippen LogP contribution in [0, 0.1) is 10.1 Å². The van der Waals surface area contributed by atoms with E-state index in [1.54, 1.807) is 0 Å². The minimum atomic E-state index is -1.07. The van der Waals surface area contributed by atoms with Gasteiger partial charge in [0.1, 0.15) is 0 Å². The van der Waals surface area contributed by atoms with Crippen LogP contribution in [0.2, 0.25) is 0 Å². The van der Waals surface area contributed by atoms with Gasteiger partial charge in [0.05, 0.1) is 0 Å². The maximum atomic E-state index is 10.3. The minimum absolute atomic E-state index is 0.00472. The first-order valence-corrected chi connectivity index (χ1v) is 4.30. The van der Waals surface area contributed by atoms with E-state index in [2.05, 4.69) is 0 Å². The van der Waals surface area contributed by atoms with Crippen LogP contribution in [0.1, 0.15) is 9.23 Å². The number of carboxylic acids is 1. The van der Waals surface area contributed by atoms with Crippen molar-refractivity contribution in [2.24, 2.45) is 0 Å². The molecule has 5 nitrogen and oxygen atoms in total. The second-order valence-corrected chi connectivity index (χ2v) is 3.93. The molecule has 11 heavy (non-hydrogen) atoms. The van der Waals surface area contributed by atoms with E-state index in [0.717, 1.165) is 0 Å². The van der Waals surface area contributed by atoms with Crippen LogP contribution in [0.15, 0.2) is 12.1 Å². The fourth-order valence-corrected chi connectivity index (χ4v) is 1.92. The summed E-state index contributed by atoms with van der Waals surface area (Å²) in [6.07, 6.45) is 0. The van der Waals surface area contributed by atoms with Crippen LogP contribution < -0.4 is 0 Å². The summed E-state index contributed by atoms with van der Waals surface area (Å²) >= 11 is -0.630. The molecule has 1 heterocycles. The third-order valence-corrected chi connectivity index (χ3v) is 3.13. The van der Waals surface area contributed by atoms with Gasteiger partial charge < -0.3 is 0 Å². The van der Waals surface area contributed by atoms with Gasteiger partial charge in [-0.15, -0.1) is 0 Å². The summed E-state index contributed by atoms with van der Waals surface area (Å²) in [5.74, 6) is -1.07. The van der Waals surface area contributed by atoms with E-state index in [-0.39, 0.29) is 9.00 Å². The van der Waals surface area contributed by atoms with Crippen LogP contribution >= 0.6 is 0 Å². The Hall–Kier alpha value is -1.13. The number of hydrogen-bond donors (Lipinski definition) is 1. The first-order chi connectivity index (χ1) is 5.11. The number of nitrogens with zero attached hydrogens (tertiary/aromatic N) is 1. The third kappa shape index (κ3) is 1.66. The maximum absolute atomic E-state index is 10.3. The topological polar surface area (TPSA) is 80.4 Å². The Morgan fingerprint density at radius 2 is 2.27 bits per heavy atom. The van der Waals surface area contributed by atoms with E-state index in [1.807, 2.05) is 0 Å². The summed E-state index contributed by atoms with van der Waals surface area (Å²) in [5.41, 5.74) is 0. The van der Waals surface area contributed by atoms with E-state index < -0.39 is 25.4 Å². The molecule has 0 radical (unpaired) electrons. The summed E-state index contributed by atoms with van der Waals surface area (Å²) in [6.45, 7) is 0. The zero-order valence-electron chi connectivity index (χ0n) is 5.18. The number of aromatic carboxylic acids is 1. The molecule has 0 aliphatic heterocycles. The first-order valence-electron chi connectivity index (χ1n) is 2.59. The zero-order valence-corrected chi connectivity index (χ0v) is 6.90. The Morgan fingerprint density at radius 3 is 2.55 bits per heavy atom. The number of carbonyl (C=O) groups is 1. The fourth-order valence-electron chi connectivity index (χ4n) is 0.541. The standard InChI is InChI=1S/C5H3NO4Se/c7-5(8)3-1-2-4(11-3)6(9)10/h1-2H,(H,7,8). The Labute approximate surface area is 67.2 Å². The van der Waals surface area contributed by atoms with Gasteiger partial charge in [0.2, 0.25) is 0 Å². The molecule has 0 aliphatic carbocycles. The predicted octanol–water partition coefficient (Wildman–Crippen LogP) is 0.350. The van der Waals surface area contributed by atoms with Crippen molar-refractivity contribution in [3.05, 3.63) is 26.7 Å². The summed E-state index contributed by atoms with van der Waals surface area (Å²) in [7, 11) is 0. The Morgan fingerprint density at radius 1 is 1.64 bits per heavy atom. The molecule has 0 bridgehead atoms. The SMILES string of the molecule is O=C(O)c1ccc([N+](=O)[O-])[se]1. The fraction of sp³-hybridized carbons (Fsp3) is 0. The van der Waals surface area contributed by atoms with Gasteiger partial charge in [-0.3, -0.25) is 0 Å². The van der Waals surface area contributed by atoms with E-state index in [1.165, 1.54) is 12.1 Å². The van der Waals surface area contributed by atoms with Gasteiger partial charge >= 0.3 is 66.5 Å². The van der Waals surface area contributed by atoms with Crippen LogP contribution in [0.3, 0.4) is 0 Å². The zero-order chi connectivity index (χ0) is 8.43. The van der Waals surface area contributed by atoms with Gasteiger partial charge in [0.15, 0.2) is 0 Å². The first kappa shape index (κ1) is 7.97. The molecule has 0 saturated carbocycles. The van der Waals surface area contributed by atoms with Gasteiger partial charge in [-0.05, 0) is 0 Å². The third-order valence-electron chi connectivity index (χ3n) is 0.983. The van der Waals surface area contributed by atoms with E-state index >= 15 is 0 Å². The molecule has 0 fully saturated rings. The van der Waals surface area contributed by atoms with Crippen LogP contribution in [0.25, 0.3) is 0 Å². The molecule has 1 N–H and O–H groups in total. The normalized spacial score (nSPS) is 9.45. The van der Waals surface area contributed by atoms with Gasteiger partial charge in [0, 0.05) is 0 Å². The quantitative estimate of drug-likeness (QED) is 0.443. The number of nitro groups is 1. The molecule has 0 unspecified atom stereocenters. The van der Waals surface area contributed by atoms with Crippen molar-refractivity contribution < 1.29 is 14.8 Å². The van der Waals surface area contributed by atoms with Gasteiger partial charge in [-0.25, -0.2) is 0 Å². The molecule has 1 rings (SSSR count). The molecular weight excluding hydrogens is 217 g/mol. The van der Waals surface area contributed by atoms with Crippen LogP contribution in [0.5, 0.6) is 0 Å². The predicted molar refractivity (Wildman–Crippen MR) is 37.0 cm³/mol. The number of rotatable bonds is 2. The molecule has 0 amide bonds. The van der Waals surface area contributed by atoms with E-state index in [9.17, 15) is 14.9 Å². The monoisotopic (exact) mass is 221 g/mol. The Bertz CT molecular complexity index is 277. The molecule has 0 atom stereocenters. The van der Waals surface area contributed by atoms with Crippen LogP contribution in [0.4, 0.5) is 4.56 Å². The summed E-state index contributed by atoms with van der Waals surface area (Å²) in [5, 5.41) is 18.5. The van der Waals surface area contributed by atoms with E-state index in [4.69, 9.17) is 5.11 Å². The molecule has 1 aromatic heterocycles. The molecule has 6 heteroatoms. The van der Waals surface area contributed by atoms with Crippen molar-refractivity contribution in [2.45, 2.75) is 0 Å². The van der Waals surface area contributed by atoms with Crippen molar-refractivity contribution in [3.63, 3.8) is 0 Å². The molecule has 58 valence electrons. The molecular formula is C5H3NO4Se. The molecule has 1 aromatic rings. The van der Waals surface area contributed by atoms with Crippen LogP contribution in [-0.2, 0) is 0 Å². The number of hydrogen-bond acceptors (Lipinski definition) is 3. The second-order valence-electron chi connectivity index (χ2n) is 1.70. The molecule has 0 aliphatic rings. The van der Waals surface area contributed by atoms with Crippen molar-refractivity contribution >= 4 is 25.0 Å². The number of carboxylic acid groups (broad SMARTS) is 1. The Balaban J connectivity index is 2.99. The van der Waals surface area contributed by atoms with Crippen molar-refractivity contribution in [3.8, 4) is 0 Å². The second kappa shape index (κ2) is 2.86. The van der Waals surface area contributed by atoms with Crippen molar-refractivity contribution in [1.29, 1.82) is 0 Å². The Kier molecular flexibility index (Phi) is 2.07. The molecule has 0 spiro atoms. The average Bonchev–Trinajstić information content (AvgIpc) is 2.33. The van der Waals surface area contributed by atoms with Crippen molar-refractivity contribution in [1.82, 2.24) is 0 Å². The molecule has 0 aromatic carbocycles. The van der Waals surface area contributed by atoms with Gasteiger partial charge in [0.25, 0.3) is 0 Å². The van der Waals surface area contributed by atoms with E-state index in [0.29, 0.717) is 0 Å². The van der Waals surface area contributed by atoms with Gasteiger partial charge in [-0.2, -0.15) is 0 Å². The van der Waals surface area contributed by atoms with Crippen molar-refractivity contribution in [2.75, 3.05) is 0 Å². The summed E-state index contributed by atoms with van der Waals surface area (Å²) in [4.78, 5) is 19.8. The van der Waals surface area contributed by atoms with Gasteiger partial charge in [-0.1, -0.05) is 0 Å². The average molecular weight is 220 g/mol. The molecule has 0 saturated heterocycles. The summed E-state index contributed by atoms with van der Waals surface area (Å²) < 4.78 is 0.124.